The summed E-state index contributed by atoms with van der Waals surface area (Å²) in [5, 5.41) is 4.80. The maximum absolute atomic E-state index is 13.2. The minimum absolute atomic E-state index is 0.0215. The van der Waals surface area contributed by atoms with Gasteiger partial charge < -0.3 is 10.6 Å². The molecule has 0 aliphatic rings. The highest BCUT2D eigenvalue weighted by molar-refractivity contribution is 6.36. The molecule has 0 aromatic heterocycles. The van der Waals surface area contributed by atoms with Gasteiger partial charge in [0.25, 0.3) is 5.91 Å². The first kappa shape index (κ1) is 15.7. The Labute approximate surface area is 120 Å². The van der Waals surface area contributed by atoms with Gasteiger partial charge in [-0.25, -0.2) is 4.39 Å². The Balaban J connectivity index is 2.69. The Hall–Kier alpha value is -1.33. The van der Waals surface area contributed by atoms with E-state index in [-0.39, 0.29) is 34.1 Å². The Morgan fingerprint density at radius 3 is 2.47 bits per heavy atom. The van der Waals surface area contributed by atoms with Crippen molar-refractivity contribution in [2.24, 2.45) is 0 Å². The Morgan fingerprint density at radius 2 is 1.89 bits per heavy atom. The van der Waals surface area contributed by atoms with Gasteiger partial charge in [0, 0.05) is 6.04 Å². The van der Waals surface area contributed by atoms with Crippen LogP contribution in [-0.2, 0) is 4.79 Å². The van der Waals surface area contributed by atoms with Gasteiger partial charge in [-0.15, -0.1) is 0 Å². The van der Waals surface area contributed by atoms with Crippen LogP contribution in [0, 0.1) is 5.82 Å². The van der Waals surface area contributed by atoms with Crippen LogP contribution in [0.5, 0.6) is 0 Å². The Kier molecular flexibility index (Phi) is 5.57. The van der Waals surface area contributed by atoms with Crippen molar-refractivity contribution in [3.05, 3.63) is 33.6 Å². The van der Waals surface area contributed by atoms with E-state index < -0.39 is 11.7 Å². The largest absolute Gasteiger partial charge is 0.352 e. The third kappa shape index (κ3) is 4.69. The molecule has 0 aliphatic carbocycles. The molecular weight excluding hydrogens is 294 g/mol. The summed E-state index contributed by atoms with van der Waals surface area (Å²) in [7, 11) is 0. The van der Waals surface area contributed by atoms with Crippen LogP contribution in [0.25, 0.3) is 0 Å². The molecule has 0 spiro atoms. The molecule has 19 heavy (non-hydrogen) atoms. The van der Waals surface area contributed by atoms with Crippen LogP contribution in [0.4, 0.5) is 4.39 Å². The van der Waals surface area contributed by atoms with Gasteiger partial charge >= 0.3 is 0 Å². The summed E-state index contributed by atoms with van der Waals surface area (Å²) in [6.45, 7) is 3.38. The maximum atomic E-state index is 13.2. The summed E-state index contributed by atoms with van der Waals surface area (Å²) >= 11 is 11.3. The number of carbonyl (C=O) groups excluding carboxylic acids is 2. The lowest BCUT2D eigenvalue weighted by Crippen LogP contribution is -2.39. The van der Waals surface area contributed by atoms with Crippen LogP contribution in [0.1, 0.15) is 24.2 Å². The lowest BCUT2D eigenvalue weighted by Gasteiger charge is -2.10. The first-order chi connectivity index (χ1) is 8.81. The molecule has 0 unspecified atom stereocenters. The Morgan fingerprint density at radius 1 is 1.26 bits per heavy atom. The van der Waals surface area contributed by atoms with E-state index in [1.165, 1.54) is 0 Å². The molecule has 2 amide bonds. The molecule has 104 valence electrons. The lowest BCUT2D eigenvalue weighted by molar-refractivity contribution is -0.120. The van der Waals surface area contributed by atoms with E-state index in [1.807, 2.05) is 0 Å². The molecule has 0 saturated carbocycles. The van der Waals surface area contributed by atoms with Gasteiger partial charge in [0.15, 0.2) is 0 Å². The van der Waals surface area contributed by atoms with Crippen LogP contribution in [0.3, 0.4) is 0 Å². The van der Waals surface area contributed by atoms with Crippen molar-refractivity contribution in [1.29, 1.82) is 0 Å². The topological polar surface area (TPSA) is 58.2 Å². The van der Waals surface area contributed by atoms with E-state index in [2.05, 4.69) is 10.6 Å². The predicted octanol–water partition coefficient (Wildman–Crippen LogP) is 2.39. The average molecular weight is 307 g/mol. The van der Waals surface area contributed by atoms with Crippen molar-refractivity contribution in [3.8, 4) is 0 Å². The van der Waals surface area contributed by atoms with Crippen molar-refractivity contribution >= 4 is 35.0 Å². The van der Waals surface area contributed by atoms with E-state index in [9.17, 15) is 14.0 Å². The number of halogens is 3. The second-order valence-electron chi connectivity index (χ2n) is 4.15. The minimum Gasteiger partial charge on any atom is -0.352 e. The van der Waals surface area contributed by atoms with E-state index in [0.29, 0.717) is 0 Å². The number of benzene rings is 1. The predicted molar refractivity (Wildman–Crippen MR) is 72.0 cm³/mol. The number of nitrogens with one attached hydrogen (secondary N) is 2. The number of carbonyl (C=O) groups is 2. The molecule has 0 fully saturated rings. The number of hydrogen-bond donors (Lipinski definition) is 2. The van der Waals surface area contributed by atoms with Gasteiger partial charge in [-0.3, -0.25) is 9.59 Å². The lowest BCUT2D eigenvalue weighted by atomic mass is 10.2. The fraction of sp³-hybridized carbons (Fsp3) is 0.333. The molecular formula is C12H13Cl2FN2O2. The summed E-state index contributed by atoms with van der Waals surface area (Å²) in [5.74, 6) is -1.73. The molecule has 0 aliphatic heterocycles. The highest BCUT2D eigenvalue weighted by Gasteiger charge is 2.15. The summed E-state index contributed by atoms with van der Waals surface area (Å²) in [6.07, 6.45) is 0. The SMILES string of the molecule is CC(C)NC(=O)CNC(=O)c1cc(F)c(Cl)cc1Cl. The van der Waals surface area contributed by atoms with E-state index in [4.69, 9.17) is 23.2 Å². The fourth-order valence-electron chi connectivity index (χ4n) is 1.33. The van der Waals surface area contributed by atoms with Crippen LogP contribution in [-0.4, -0.2) is 24.4 Å². The van der Waals surface area contributed by atoms with Crippen LogP contribution < -0.4 is 10.6 Å². The normalized spacial score (nSPS) is 10.4. The average Bonchev–Trinajstić information content (AvgIpc) is 2.30. The molecule has 1 rings (SSSR count). The van der Waals surface area contributed by atoms with Crippen LogP contribution >= 0.6 is 23.2 Å². The van der Waals surface area contributed by atoms with Crippen molar-refractivity contribution < 1.29 is 14.0 Å². The minimum atomic E-state index is -0.747. The number of rotatable bonds is 4. The second kappa shape index (κ2) is 6.73. The van der Waals surface area contributed by atoms with Gasteiger partial charge in [0.05, 0.1) is 22.2 Å². The van der Waals surface area contributed by atoms with Gasteiger partial charge in [-0.2, -0.15) is 0 Å². The summed E-state index contributed by atoms with van der Waals surface area (Å²) in [4.78, 5) is 23.1. The third-order valence-electron chi connectivity index (χ3n) is 2.11. The number of hydrogen-bond acceptors (Lipinski definition) is 2. The zero-order valence-corrected chi connectivity index (χ0v) is 11.9. The van der Waals surface area contributed by atoms with E-state index >= 15 is 0 Å². The fourth-order valence-corrected chi connectivity index (χ4v) is 1.79. The van der Waals surface area contributed by atoms with Crippen molar-refractivity contribution in [3.63, 3.8) is 0 Å². The summed E-state index contributed by atoms with van der Waals surface area (Å²) in [5.41, 5.74) is -0.0686. The summed E-state index contributed by atoms with van der Waals surface area (Å²) < 4.78 is 13.2. The van der Waals surface area contributed by atoms with Crippen molar-refractivity contribution in [1.82, 2.24) is 10.6 Å². The highest BCUT2D eigenvalue weighted by atomic mass is 35.5. The van der Waals surface area contributed by atoms with Gasteiger partial charge in [-0.05, 0) is 26.0 Å². The zero-order chi connectivity index (χ0) is 14.6. The first-order valence-electron chi connectivity index (χ1n) is 5.53. The van der Waals surface area contributed by atoms with Crippen LogP contribution in [0.15, 0.2) is 12.1 Å². The monoisotopic (exact) mass is 306 g/mol. The van der Waals surface area contributed by atoms with Crippen LogP contribution in [0.2, 0.25) is 10.0 Å². The maximum Gasteiger partial charge on any atom is 0.253 e. The standard InChI is InChI=1S/C12H13Cl2FN2O2/c1-6(2)17-11(18)5-16-12(19)7-3-10(15)9(14)4-8(7)13/h3-4,6H,5H2,1-2H3,(H,16,19)(H,17,18). The van der Waals surface area contributed by atoms with Gasteiger partial charge in [0.2, 0.25) is 5.91 Å². The summed E-state index contributed by atoms with van der Waals surface area (Å²) in [6, 6.07) is 2.04. The number of amides is 2. The molecule has 2 N–H and O–H groups in total. The third-order valence-corrected chi connectivity index (χ3v) is 2.72. The first-order valence-corrected chi connectivity index (χ1v) is 6.29. The van der Waals surface area contributed by atoms with E-state index in [1.54, 1.807) is 13.8 Å². The highest BCUT2D eigenvalue weighted by Crippen LogP contribution is 2.24. The zero-order valence-electron chi connectivity index (χ0n) is 10.4. The smallest absolute Gasteiger partial charge is 0.253 e. The van der Waals surface area contributed by atoms with E-state index in [0.717, 1.165) is 12.1 Å². The molecule has 0 saturated heterocycles. The van der Waals surface area contributed by atoms with Gasteiger partial charge in [-0.1, -0.05) is 23.2 Å². The molecule has 7 heteroatoms. The molecule has 0 heterocycles. The molecule has 1 aromatic carbocycles. The quantitative estimate of drug-likeness (QED) is 0.839. The molecule has 1 aromatic rings. The van der Waals surface area contributed by atoms with Crippen molar-refractivity contribution in [2.45, 2.75) is 19.9 Å². The van der Waals surface area contributed by atoms with Crippen molar-refractivity contribution in [2.75, 3.05) is 6.54 Å². The molecule has 0 radical (unpaired) electrons. The van der Waals surface area contributed by atoms with Gasteiger partial charge in [0.1, 0.15) is 5.82 Å². The second-order valence-corrected chi connectivity index (χ2v) is 4.97. The molecule has 0 bridgehead atoms. The molecule has 0 atom stereocenters. The molecule has 4 nitrogen and oxygen atoms in total. The Bertz CT molecular complexity index is 507.